The molecule has 0 amide bonds. The van der Waals surface area contributed by atoms with Crippen LogP contribution < -0.4 is 0 Å². The molecule has 4 aromatic carbocycles. The third kappa shape index (κ3) is 3.05. The Kier molecular flexibility index (Phi) is 4.36. The van der Waals surface area contributed by atoms with Crippen molar-refractivity contribution in [2.75, 3.05) is 0 Å². The predicted molar refractivity (Wildman–Crippen MR) is 132 cm³/mol. The Labute approximate surface area is 184 Å². The Morgan fingerprint density at radius 1 is 0.774 bits per heavy atom. The van der Waals surface area contributed by atoms with Gasteiger partial charge in [0.2, 0.25) is 5.89 Å². The molecule has 0 spiro atoms. The van der Waals surface area contributed by atoms with Crippen LogP contribution in [0.5, 0.6) is 0 Å². The van der Waals surface area contributed by atoms with Gasteiger partial charge < -0.3 is 4.42 Å². The molecule has 6 rings (SSSR count). The normalized spacial score (nSPS) is 11.6. The number of oxazole rings is 1. The minimum Gasteiger partial charge on any atom is -0.436 e. The molecule has 6 aromatic rings. The third-order valence-electron chi connectivity index (χ3n) is 5.86. The largest absolute Gasteiger partial charge is 0.436 e. The quantitative estimate of drug-likeness (QED) is 0.286. The molecule has 2 heterocycles. The molecule has 2 nitrogen and oxygen atoms in total. The van der Waals surface area contributed by atoms with Gasteiger partial charge in [0.1, 0.15) is 5.52 Å². The molecule has 150 valence electrons. The summed E-state index contributed by atoms with van der Waals surface area (Å²) in [6, 6.07) is 30.0. The van der Waals surface area contributed by atoms with Crippen LogP contribution in [-0.2, 0) is 6.42 Å². The van der Waals surface area contributed by atoms with Gasteiger partial charge in [0.25, 0.3) is 0 Å². The standard InChI is InChI=1S/C28H21NOS/c1-2-7-19-8-5-12-24-26(19)30-28(29-24)20-16-14-18(15-17-20)21-10-6-11-23-22-9-3-4-13-25(22)31-27(21)23/h3-6,8-17H,2,7H2,1H3. The van der Waals surface area contributed by atoms with Crippen LogP contribution in [0.3, 0.4) is 0 Å². The van der Waals surface area contributed by atoms with Crippen LogP contribution in [0.25, 0.3) is 53.9 Å². The SMILES string of the molecule is CCCc1cccc2nc(-c3ccc(-c4cccc5c4sc4ccccc45)cc3)oc12. The van der Waals surface area contributed by atoms with Crippen molar-refractivity contribution in [2.24, 2.45) is 0 Å². The Hall–Kier alpha value is -3.43. The van der Waals surface area contributed by atoms with Crippen LogP contribution >= 0.6 is 11.3 Å². The van der Waals surface area contributed by atoms with E-state index in [2.05, 4.69) is 85.8 Å². The molecule has 0 saturated carbocycles. The number of aromatic nitrogens is 1. The second kappa shape index (κ2) is 7.36. The molecular formula is C28H21NOS. The summed E-state index contributed by atoms with van der Waals surface area (Å²) in [6.07, 6.45) is 2.09. The summed E-state index contributed by atoms with van der Waals surface area (Å²) in [7, 11) is 0. The van der Waals surface area contributed by atoms with E-state index >= 15 is 0 Å². The van der Waals surface area contributed by atoms with E-state index in [1.165, 1.54) is 36.9 Å². The van der Waals surface area contributed by atoms with Crippen molar-refractivity contribution in [1.82, 2.24) is 4.98 Å². The van der Waals surface area contributed by atoms with E-state index in [1.807, 2.05) is 17.4 Å². The zero-order valence-corrected chi connectivity index (χ0v) is 18.1. The average molecular weight is 420 g/mol. The van der Waals surface area contributed by atoms with E-state index in [4.69, 9.17) is 9.40 Å². The number of fused-ring (bicyclic) bond motifs is 4. The molecule has 0 fully saturated rings. The molecular weight excluding hydrogens is 398 g/mol. The number of para-hydroxylation sites is 1. The summed E-state index contributed by atoms with van der Waals surface area (Å²) in [5, 5.41) is 2.65. The number of hydrogen-bond acceptors (Lipinski definition) is 3. The number of hydrogen-bond donors (Lipinski definition) is 0. The number of aryl methyl sites for hydroxylation is 1. The average Bonchev–Trinajstić information content (AvgIpc) is 3.42. The van der Waals surface area contributed by atoms with Gasteiger partial charge in [0, 0.05) is 25.7 Å². The van der Waals surface area contributed by atoms with Gasteiger partial charge >= 0.3 is 0 Å². The van der Waals surface area contributed by atoms with Crippen molar-refractivity contribution in [3.63, 3.8) is 0 Å². The number of thiophene rings is 1. The highest BCUT2D eigenvalue weighted by atomic mass is 32.1. The summed E-state index contributed by atoms with van der Waals surface area (Å²) in [4.78, 5) is 4.74. The molecule has 0 N–H and O–H groups in total. The Balaban J connectivity index is 1.42. The number of benzene rings is 4. The van der Waals surface area contributed by atoms with Crippen molar-refractivity contribution in [3.8, 4) is 22.6 Å². The van der Waals surface area contributed by atoms with Gasteiger partial charge in [0.05, 0.1) is 0 Å². The lowest BCUT2D eigenvalue weighted by molar-refractivity contribution is 0.614. The lowest BCUT2D eigenvalue weighted by Crippen LogP contribution is -1.82. The maximum atomic E-state index is 6.18. The molecule has 0 unspecified atom stereocenters. The summed E-state index contributed by atoms with van der Waals surface area (Å²) in [5.41, 5.74) is 6.56. The lowest BCUT2D eigenvalue weighted by Gasteiger charge is -2.04. The first-order valence-corrected chi connectivity index (χ1v) is 11.5. The van der Waals surface area contributed by atoms with Crippen molar-refractivity contribution in [2.45, 2.75) is 19.8 Å². The fourth-order valence-electron chi connectivity index (χ4n) is 4.36. The minimum atomic E-state index is 0.685. The maximum Gasteiger partial charge on any atom is 0.227 e. The predicted octanol–water partition coefficient (Wildman–Crippen LogP) is 8.48. The van der Waals surface area contributed by atoms with Crippen LogP contribution in [0, 0.1) is 0 Å². The van der Waals surface area contributed by atoms with Gasteiger partial charge in [-0.3, -0.25) is 0 Å². The van der Waals surface area contributed by atoms with Crippen LogP contribution in [0.1, 0.15) is 18.9 Å². The Bertz CT molecular complexity index is 1540. The maximum absolute atomic E-state index is 6.18. The van der Waals surface area contributed by atoms with Gasteiger partial charge in [-0.2, -0.15) is 0 Å². The monoisotopic (exact) mass is 419 g/mol. The topological polar surface area (TPSA) is 26.0 Å². The highest BCUT2D eigenvalue weighted by molar-refractivity contribution is 7.26. The minimum absolute atomic E-state index is 0.685. The second-order valence-corrected chi connectivity index (χ2v) is 8.94. The van der Waals surface area contributed by atoms with Crippen LogP contribution in [0.15, 0.2) is 89.3 Å². The van der Waals surface area contributed by atoms with Gasteiger partial charge in [0.15, 0.2) is 5.58 Å². The van der Waals surface area contributed by atoms with Crippen molar-refractivity contribution < 1.29 is 4.42 Å². The van der Waals surface area contributed by atoms with E-state index < -0.39 is 0 Å². The first-order chi connectivity index (χ1) is 15.3. The fraction of sp³-hybridized carbons (Fsp3) is 0.107. The summed E-state index contributed by atoms with van der Waals surface area (Å²) >= 11 is 1.86. The molecule has 0 atom stereocenters. The van der Waals surface area contributed by atoms with E-state index in [0.717, 1.165) is 29.5 Å². The van der Waals surface area contributed by atoms with E-state index in [0.29, 0.717) is 5.89 Å². The van der Waals surface area contributed by atoms with Crippen LogP contribution in [0.4, 0.5) is 0 Å². The third-order valence-corrected chi connectivity index (χ3v) is 7.08. The second-order valence-electron chi connectivity index (χ2n) is 7.89. The molecule has 0 aliphatic carbocycles. The lowest BCUT2D eigenvalue weighted by atomic mass is 10.0. The van der Waals surface area contributed by atoms with E-state index in [9.17, 15) is 0 Å². The first kappa shape index (κ1) is 18.3. The van der Waals surface area contributed by atoms with Crippen molar-refractivity contribution in [1.29, 1.82) is 0 Å². The van der Waals surface area contributed by atoms with Crippen molar-refractivity contribution in [3.05, 3.63) is 90.5 Å². The molecule has 0 saturated heterocycles. The summed E-state index contributed by atoms with van der Waals surface area (Å²) in [6.45, 7) is 2.19. The van der Waals surface area contributed by atoms with Gasteiger partial charge in [-0.1, -0.05) is 74.0 Å². The molecule has 0 bridgehead atoms. The molecule has 0 aliphatic heterocycles. The molecule has 31 heavy (non-hydrogen) atoms. The van der Waals surface area contributed by atoms with Crippen LogP contribution in [0.2, 0.25) is 0 Å². The fourth-order valence-corrected chi connectivity index (χ4v) is 5.60. The number of nitrogens with zero attached hydrogens (tertiary/aromatic N) is 1. The first-order valence-electron chi connectivity index (χ1n) is 10.7. The van der Waals surface area contributed by atoms with Gasteiger partial charge in [-0.05, 0) is 47.4 Å². The molecule has 3 heteroatoms. The van der Waals surface area contributed by atoms with E-state index in [-0.39, 0.29) is 0 Å². The summed E-state index contributed by atoms with van der Waals surface area (Å²) < 4.78 is 8.85. The van der Waals surface area contributed by atoms with E-state index in [1.54, 1.807) is 0 Å². The van der Waals surface area contributed by atoms with Crippen LogP contribution in [-0.4, -0.2) is 4.98 Å². The Morgan fingerprint density at radius 3 is 2.42 bits per heavy atom. The highest BCUT2D eigenvalue weighted by Gasteiger charge is 2.13. The van der Waals surface area contributed by atoms with Gasteiger partial charge in [-0.25, -0.2) is 4.98 Å². The Morgan fingerprint density at radius 2 is 1.55 bits per heavy atom. The zero-order chi connectivity index (χ0) is 20.8. The smallest absolute Gasteiger partial charge is 0.227 e. The highest BCUT2D eigenvalue weighted by Crippen LogP contribution is 2.40. The number of rotatable bonds is 4. The van der Waals surface area contributed by atoms with Crippen molar-refractivity contribution >= 4 is 42.6 Å². The summed E-state index contributed by atoms with van der Waals surface area (Å²) in [5.74, 6) is 0.685. The zero-order valence-electron chi connectivity index (χ0n) is 17.3. The molecule has 0 radical (unpaired) electrons. The van der Waals surface area contributed by atoms with Gasteiger partial charge in [-0.15, -0.1) is 11.3 Å². The molecule has 0 aliphatic rings. The molecule has 2 aromatic heterocycles.